The Morgan fingerprint density at radius 2 is 1.76 bits per heavy atom. The summed E-state index contributed by atoms with van der Waals surface area (Å²) in [5.41, 5.74) is 2.80. The minimum atomic E-state index is -0.400. The smallest absolute Gasteiger partial charge is 0.270 e. The number of amides is 2. The van der Waals surface area contributed by atoms with Gasteiger partial charge in [0.2, 0.25) is 0 Å². The average molecular weight is 386 g/mol. The number of pyridine rings is 2. The Morgan fingerprint density at radius 3 is 2.52 bits per heavy atom. The molecule has 1 aliphatic rings. The van der Waals surface area contributed by atoms with E-state index in [-0.39, 0.29) is 23.4 Å². The number of Topliss-reactive ketones (excluding diaryl/α,β-unsaturated/α-hetero) is 1. The number of nitrogens with zero attached hydrogens (tertiary/aromatic N) is 2. The number of nitrogens with one attached hydrogen (secondary N) is 2. The van der Waals surface area contributed by atoms with Crippen molar-refractivity contribution in [3.8, 4) is 11.1 Å². The van der Waals surface area contributed by atoms with Crippen molar-refractivity contribution in [2.45, 2.75) is 18.9 Å². The number of rotatable bonds is 5. The molecule has 7 heteroatoms. The first-order valence-corrected chi connectivity index (χ1v) is 9.19. The van der Waals surface area contributed by atoms with Gasteiger partial charge in [-0.3, -0.25) is 24.4 Å². The maximum absolute atomic E-state index is 12.8. The van der Waals surface area contributed by atoms with Crippen molar-refractivity contribution in [1.29, 1.82) is 0 Å². The van der Waals surface area contributed by atoms with Crippen LogP contribution in [0.2, 0.25) is 0 Å². The van der Waals surface area contributed by atoms with E-state index in [0.29, 0.717) is 24.1 Å². The topological polar surface area (TPSA) is 101 Å². The second-order valence-electron chi connectivity index (χ2n) is 6.79. The molecule has 1 aromatic carbocycles. The molecule has 7 nitrogen and oxygen atoms in total. The van der Waals surface area contributed by atoms with Crippen molar-refractivity contribution in [3.63, 3.8) is 0 Å². The predicted molar refractivity (Wildman–Crippen MR) is 107 cm³/mol. The first-order chi connectivity index (χ1) is 14.1. The molecular weight excluding hydrogens is 368 g/mol. The van der Waals surface area contributed by atoms with Crippen molar-refractivity contribution >= 4 is 23.3 Å². The Morgan fingerprint density at radius 1 is 0.966 bits per heavy atom. The van der Waals surface area contributed by atoms with Crippen molar-refractivity contribution in [2.75, 3.05) is 5.32 Å². The largest absolute Gasteiger partial charge is 0.347 e. The number of benzene rings is 1. The molecule has 2 amide bonds. The summed E-state index contributed by atoms with van der Waals surface area (Å²) < 4.78 is 0. The summed E-state index contributed by atoms with van der Waals surface area (Å²) in [7, 11) is 0. The van der Waals surface area contributed by atoms with Crippen molar-refractivity contribution in [3.05, 3.63) is 78.4 Å². The van der Waals surface area contributed by atoms with Gasteiger partial charge in [0.05, 0.1) is 11.9 Å². The van der Waals surface area contributed by atoms with Crippen molar-refractivity contribution in [2.24, 2.45) is 0 Å². The molecule has 0 aliphatic heterocycles. The third kappa shape index (κ3) is 4.19. The number of aromatic nitrogens is 2. The number of carbonyl (C=O) groups is 3. The Bertz CT molecular complexity index is 1070. The van der Waals surface area contributed by atoms with Gasteiger partial charge in [0.1, 0.15) is 11.5 Å². The Labute approximate surface area is 167 Å². The lowest BCUT2D eigenvalue weighted by Crippen LogP contribution is -2.44. The predicted octanol–water partition coefficient (Wildman–Crippen LogP) is 2.86. The van der Waals surface area contributed by atoms with Gasteiger partial charge in [-0.25, -0.2) is 0 Å². The van der Waals surface area contributed by atoms with E-state index in [1.54, 1.807) is 12.4 Å². The fourth-order valence-corrected chi connectivity index (χ4v) is 3.11. The average Bonchev–Trinajstić information content (AvgIpc) is 2.73. The zero-order chi connectivity index (χ0) is 20.2. The molecular formula is C22H18N4O3. The number of ketones is 1. The Kier molecular flexibility index (Phi) is 5.11. The Balaban J connectivity index is 1.51. The van der Waals surface area contributed by atoms with E-state index < -0.39 is 5.91 Å². The minimum Gasteiger partial charge on any atom is -0.347 e. The van der Waals surface area contributed by atoms with Crippen LogP contribution in [0, 0.1) is 0 Å². The summed E-state index contributed by atoms with van der Waals surface area (Å²) in [5.74, 6) is -0.643. The van der Waals surface area contributed by atoms with Crippen LogP contribution in [0.25, 0.3) is 11.1 Å². The molecule has 0 unspecified atom stereocenters. The molecule has 144 valence electrons. The normalized spacial score (nSPS) is 13.4. The quantitative estimate of drug-likeness (QED) is 0.702. The second kappa shape index (κ2) is 8.02. The first-order valence-electron chi connectivity index (χ1n) is 9.19. The highest BCUT2D eigenvalue weighted by Gasteiger charge is 2.28. The van der Waals surface area contributed by atoms with Crippen LogP contribution in [0.15, 0.2) is 67.1 Å². The standard InChI is InChI=1S/C22H18N4O3/c27-17-11-16(12-17)25-22(29)19-10-15(6-9-24-19)21(28)26-20-13-23-8-7-18(20)14-4-2-1-3-5-14/h1-10,13,16H,11-12H2,(H,25,29)(H,26,28). The van der Waals surface area contributed by atoms with E-state index in [1.807, 2.05) is 36.4 Å². The Hall–Kier alpha value is -3.87. The van der Waals surface area contributed by atoms with Gasteiger partial charge < -0.3 is 10.6 Å². The molecule has 2 heterocycles. The fraction of sp³-hybridized carbons (Fsp3) is 0.136. The molecule has 1 aliphatic carbocycles. The third-order valence-electron chi connectivity index (χ3n) is 4.69. The van der Waals surface area contributed by atoms with E-state index in [9.17, 15) is 14.4 Å². The summed E-state index contributed by atoms with van der Waals surface area (Å²) in [6.45, 7) is 0. The van der Waals surface area contributed by atoms with E-state index in [2.05, 4.69) is 20.6 Å². The van der Waals surface area contributed by atoms with E-state index in [0.717, 1.165) is 11.1 Å². The summed E-state index contributed by atoms with van der Waals surface area (Å²) >= 11 is 0. The van der Waals surface area contributed by atoms with Gasteiger partial charge in [0, 0.05) is 42.4 Å². The van der Waals surface area contributed by atoms with Gasteiger partial charge in [0.25, 0.3) is 11.8 Å². The minimum absolute atomic E-state index is 0.127. The van der Waals surface area contributed by atoms with Gasteiger partial charge in [0.15, 0.2) is 0 Å². The zero-order valence-corrected chi connectivity index (χ0v) is 15.5. The van der Waals surface area contributed by atoms with Crippen LogP contribution < -0.4 is 10.6 Å². The molecule has 0 radical (unpaired) electrons. The molecule has 2 aromatic heterocycles. The maximum Gasteiger partial charge on any atom is 0.270 e. The summed E-state index contributed by atoms with van der Waals surface area (Å²) in [4.78, 5) is 44.2. The SMILES string of the molecule is O=C1CC(NC(=O)c2cc(C(=O)Nc3cnccc3-c3ccccc3)ccn2)C1. The van der Waals surface area contributed by atoms with Crippen LogP contribution >= 0.6 is 0 Å². The molecule has 3 aromatic rings. The van der Waals surface area contributed by atoms with E-state index in [1.165, 1.54) is 18.3 Å². The van der Waals surface area contributed by atoms with Gasteiger partial charge in [-0.1, -0.05) is 30.3 Å². The first kappa shape index (κ1) is 18.5. The van der Waals surface area contributed by atoms with Crippen molar-refractivity contribution < 1.29 is 14.4 Å². The lowest BCUT2D eigenvalue weighted by molar-refractivity contribution is -0.124. The van der Waals surface area contributed by atoms with Crippen molar-refractivity contribution in [1.82, 2.24) is 15.3 Å². The maximum atomic E-state index is 12.8. The highest BCUT2D eigenvalue weighted by molar-refractivity contribution is 6.07. The molecule has 0 bridgehead atoms. The molecule has 29 heavy (non-hydrogen) atoms. The van der Waals surface area contributed by atoms with Gasteiger partial charge in [-0.15, -0.1) is 0 Å². The summed E-state index contributed by atoms with van der Waals surface area (Å²) in [5, 5.41) is 5.60. The van der Waals surface area contributed by atoms with Gasteiger partial charge in [-0.05, 0) is 23.8 Å². The highest BCUT2D eigenvalue weighted by Crippen LogP contribution is 2.27. The molecule has 2 N–H and O–H groups in total. The monoisotopic (exact) mass is 386 g/mol. The van der Waals surface area contributed by atoms with Gasteiger partial charge in [-0.2, -0.15) is 0 Å². The van der Waals surface area contributed by atoms with Crippen LogP contribution in [-0.4, -0.2) is 33.6 Å². The van der Waals surface area contributed by atoms with Gasteiger partial charge >= 0.3 is 0 Å². The molecule has 4 rings (SSSR count). The number of carbonyl (C=O) groups excluding carboxylic acids is 3. The third-order valence-corrected chi connectivity index (χ3v) is 4.69. The number of hydrogen-bond acceptors (Lipinski definition) is 5. The highest BCUT2D eigenvalue weighted by atomic mass is 16.2. The fourth-order valence-electron chi connectivity index (χ4n) is 3.11. The number of anilines is 1. The molecule has 0 saturated heterocycles. The molecule has 1 saturated carbocycles. The molecule has 0 atom stereocenters. The second-order valence-corrected chi connectivity index (χ2v) is 6.79. The molecule has 1 fully saturated rings. The lowest BCUT2D eigenvalue weighted by Gasteiger charge is -2.24. The van der Waals surface area contributed by atoms with E-state index in [4.69, 9.17) is 0 Å². The molecule has 0 spiro atoms. The lowest BCUT2D eigenvalue weighted by atomic mass is 9.91. The summed E-state index contributed by atoms with van der Waals surface area (Å²) in [6.07, 6.45) is 5.35. The zero-order valence-electron chi connectivity index (χ0n) is 15.5. The van der Waals surface area contributed by atoms with Crippen LogP contribution in [0.1, 0.15) is 33.7 Å². The van der Waals surface area contributed by atoms with Crippen LogP contribution in [-0.2, 0) is 4.79 Å². The van der Waals surface area contributed by atoms with E-state index >= 15 is 0 Å². The number of hydrogen-bond donors (Lipinski definition) is 2. The van der Waals surface area contributed by atoms with Crippen LogP contribution in [0.3, 0.4) is 0 Å². The van der Waals surface area contributed by atoms with Crippen LogP contribution in [0.5, 0.6) is 0 Å². The summed E-state index contributed by atoms with van der Waals surface area (Å²) in [6, 6.07) is 14.3. The van der Waals surface area contributed by atoms with Crippen LogP contribution in [0.4, 0.5) is 5.69 Å².